The highest BCUT2D eigenvalue weighted by Crippen LogP contribution is 2.58. The lowest BCUT2D eigenvalue weighted by Gasteiger charge is -2.51. The van der Waals surface area contributed by atoms with Crippen LogP contribution < -0.4 is 4.52 Å². The van der Waals surface area contributed by atoms with Gasteiger partial charge in [-0.1, -0.05) is 12.1 Å². The van der Waals surface area contributed by atoms with Gasteiger partial charge in [0.1, 0.15) is 11.5 Å². The summed E-state index contributed by atoms with van der Waals surface area (Å²) in [6, 6.07) is 10.8. The summed E-state index contributed by atoms with van der Waals surface area (Å²) in [5.41, 5.74) is 0.405. The predicted molar refractivity (Wildman–Crippen MR) is 163 cm³/mol. The molecular weight excluding hydrogens is 599 g/mol. The lowest BCUT2D eigenvalue weighted by molar-refractivity contribution is -0.171. The highest BCUT2D eigenvalue weighted by atomic mass is 31.2. The van der Waals surface area contributed by atoms with Crippen LogP contribution in [-0.2, 0) is 37.4 Å². The van der Waals surface area contributed by atoms with Crippen LogP contribution in [0.2, 0.25) is 0 Å². The van der Waals surface area contributed by atoms with Gasteiger partial charge in [0, 0.05) is 12.0 Å². The maximum absolute atomic E-state index is 13.4. The molecule has 5 rings (SSSR count). The third kappa shape index (κ3) is 8.47. The first kappa shape index (κ1) is 34.5. The molecule has 4 aliphatic rings. The van der Waals surface area contributed by atoms with Gasteiger partial charge in [-0.2, -0.15) is 10.5 Å². The fraction of sp³-hybridized carbons (Fsp3) is 0.636. The first-order valence-corrected chi connectivity index (χ1v) is 17.3. The summed E-state index contributed by atoms with van der Waals surface area (Å²) in [5, 5.41) is 17.8. The number of carbonyl (C=O) groups is 2. The van der Waals surface area contributed by atoms with Crippen molar-refractivity contribution in [2.24, 2.45) is 29.1 Å². The molecule has 11 nitrogen and oxygen atoms in total. The van der Waals surface area contributed by atoms with E-state index in [1.807, 2.05) is 18.2 Å². The SMILES string of the molecule is CCOC(=O)C(C)(CCOC(=C1C2CC3CC(C2)CC1C3)c1cccc(OP(=O)(OCCC#N)OCCC#N)c1)C(=O)OCC. The van der Waals surface area contributed by atoms with Gasteiger partial charge in [-0.3, -0.25) is 18.6 Å². The summed E-state index contributed by atoms with van der Waals surface area (Å²) in [5.74, 6) is 1.74. The third-order valence-corrected chi connectivity index (χ3v) is 10.3. The summed E-state index contributed by atoms with van der Waals surface area (Å²) >= 11 is 0. The second-order valence-electron chi connectivity index (χ2n) is 12.0. The summed E-state index contributed by atoms with van der Waals surface area (Å²) in [4.78, 5) is 25.8. The molecule has 1 aromatic rings. The van der Waals surface area contributed by atoms with Gasteiger partial charge in [0.15, 0.2) is 5.41 Å². The molecule has 0 radical (unpaired) electrons. The Kier molecular flexibility index (Phi) is 12.1. The van der Waals surface area contributed by atoms with Crippen molar-refractivity contribution in [2.75, 3.05) is 33.0 Å². The molecule has 4 fully saturated rings. The van der Waals surface area contributed by atoms with Crippen LogP contribution in [0.25, 0.3) is 5.76 Å². The van der Waals surface area contributed by atoms with E-state index in [2.05, 4.69) is 0 Å². The van der Waals surface area contributed by atoms with E-state index >= 15 is 0 Å². The van der Waals surface area contributed by atoms with E-state index in [-0.39, 0.29) is 58.0 Å². The van der Waals surface area contributed by atoms with Crippen molar-refractivity contribution in [2.45, 2.75) is 72.1 Å². The minimum absolute atomic E-state index is 0.0135. The van der Waals surface area contributed by atoms with Crippen LogP contribution in [0, 0.1) is 51.7 Å². The number of hydrogen-bond acceptors (Lipinski definition) is 11. The second-order valence-corrected chi connectivity index (χ2v) is 13.6. The van der Waals surface area contributed by atoms with Crippen LogP contribution in [0.3, 0.4) is 0 Å². The summed E-state index contributed by atoms with van der Waals surface area (Å²) in [7, 11) is -4.14. The van der Waals surface area contributed by atoms with Gasteiger partial charge in [-0.15, -0.1) is 0 Å². The number of hydrogen-bond donors (Lipinski definition) is 0. The Balaban J connectivity index is 1.64. The zero-order valence-corrected chi connectivity index (χ0v) is 27.2. The van der Waals surface area contributed by atoms with Gasteiger partial charge in [-0.25, -0.2) is 4.57 Å². The normalized spacial score (nSPS) is 21.8. The van der Waals surface area contributed by atoms with Crippen LogP contribution in [0.15, 0.2) is 29.8 Å². The highest BCUT2D eigenvalue weighted by Gasteiger charge is 2.48. The molecular formula is C33H43N2O9P. The van der Waals surface area contributed by atoms with Gasteiger partial charge < -0.3 is 18.7 Å². The number of allylic oxidation sites excluding steroid dienone is 1. The van der Waals surface area contributed by atoms with Gasteiger partial charge in [-0.05, 0) is 94.3 Å². The van der Waals surface area contributed by atoms with Crippen molar-refractivity contribution in [3.8, 4) is 17.9 Å². The summed E-state index contributed by atoms with van der Waals surface area (Å²) in [6.07, 6.45) is 5.71. The highest BCUT2D eigenvalue weighted by molar-refractivity contribution is 7.48. The van der Waals surface area contributed by atoms with Gasteiger partial charge in [0.25, 0.3) is 0 Å². The molecule has 0 heterocycles. The van der Waals surface area contributed by atoms with Crippen LogP contribution in [-0.4, -0.2) is 45.0 Å². The molecule has 0 atom stereocenters. The Morgan fingerprint density at radius 1 is 0.867 bits per heavy atom. The van der Waals surface area contributed by atoms with E-state index in [0.717, 1.165) is 25.7 Å². The number of phosphoric ester groups is 1. The molecule has 4 saturated carbocycles. The number of benzene rings is 1. The van der Waals surface area contributed by atoms with Crippen LogP contribution in [0.5, 0.6) is 5.75 Å². The van der Waals surface area contributed by atoms with Crippen LogP contribution in [0.1, 0.15) is 77.7 Å². The van der Waals surface area contributed by atoms with E-state index in [4.69, 9.17) is 38.3 Å². The Labute approximate surface area is 265 Å². The number of phosphoric acid groups is 1. The second kappa shape index (κ2) is 15.8. The quantitative estimate of drug-likeness (QED) is 0.0583. The molecule has 0 N–H and O–H groups in total. The minimum atomic E-state index is -4.14. The number of rotatable bonds is 17. The minimum Gasteiger partial charge on any atom is -0.493 e. The van der Waals surface area contributed by atoms with Crippen molar-refractivity contribution in [1.29, 1.82) is 10.5 Å². The van der Waals surface area contributed by atoms with Crippen molar-refractivity contribution < 1.29 is 41.9 Å². The molecule has 0 unspecified atom stereocenters. The maximum Gasteiger partial charge on any atom is 0.530 e. The number of nitrogens with zero attached hydrogens (tertiary/aromatic N) is 2. The molecule has 12 heteroatoms. The summed E-state index contributed by atoms with van der Waals surface area (Å²) in [6.45, 7) is 4.88. The van der Waals surface area contributed by atoms with Crippen molar-refractivity contribution in [3.05, 3.63) is 35.4 Å². The Hall–Kier alpha value is -3.37. The zero-order chi connectivity index (χ0) is 32.5. The zero-order valence-electron chi connectivity index (χ0n) is 26.3. The van der Waals surface area contributed by atoms with Gasteiger partial charge in [0.05, 0.1) is 58.0 Å². The molecule has 1 aromatic carbocycles. The van der Waals surface area contributed by atoms with E-state index in [1.54, 1.807) is 32.0 Å². The largest absolute Gasteiger partial charge is 0.530 e. The van der Waals surface area contributed by atoms with Crippen LogP contribution in [0.4, 0.5) is 0 Å². The average molecular weight is 643 g/mol. The fourth-order valence-electron chi connectivity index (χ4n) is 6.94. The van der Waals surface area contributed by atoms with E-state index in [9.17, 15) is 14.2 Å². The standard InChI is InChI=1S/C33H43N2O9P/c1-4-39-31(36)33(3,32(37)40-5-2)11-16-41-30(29-26-18-23-17-24(20-26)21-27(29)19-23)25-9-6-10-28(22-25)44-45(38,42-14-7-12-34)43-15-8-13-35/h6,9-10,22-24,26-27H,4-5,7-8,11,14-21H2,1-3H3. The fourth-order valence-corrected chi connectivity index (χ4v) is 8.12. The first-order chi connectivity index (χ1) is 21.7. The molecule has 0 aromatic heterocycles. The van der Waals surface area contributed by atoms with Gasteiger partial charge >= 0.3 is 19.8 Å². The Morgan fingerprint density at radius 3 is 1.93 bits per heavy atom. The average Bonchev–Trinajstić information content (AvgIpc) is 3.00. The molecule has 0 amide bonds. The van der Waals surface area contributed by atoms with E-state index in [1.165, 1.54) is 18.9 Å². The topological polar surface area (TPSA) is 154 Å². The van der Waals surface area contributed by atoms with Crippen LogP contribution >= 0.6 is 7.82 Å². The molecule has 4 bridgehead atoms. The van der Waals surface area contributed by atoms with Crippen molar-refractivity contribution >= 4 is 25.5 Å². The first-order valence-electron chi connectivity index (χ1n) is 15.8. The smallest absolute Gasteiger partial charge is 0.493 e. The lowest BCUT2D eigenvalue weighted by Crippen LogP contribution is -2.41. The Morgan fingerprint density at radius 2 is 1.42 bits per heavy atom. The van der Waals surface area contributed by atoms with Gasteiger partial charge in [0.2, 0.25) is 0 Å². The van der Waals surface area contributed by atoms with E-state index < -0.39 is 25.2 Å². The molecule has 0 aliphatic heterocycles. The van der Waals surface area contributed by atoms with Crippen molar-refractivity contribution in [3.63, 3.8) is 0 Å². The number of esters is 2. The number of carbonyl (C=O) groups excluding carboxylic acids is 2. The number of ether oxygens (including phenoxy) is 3. The summed E-state index contributed by atoms with van der Waals surface area (Å²) < 4.78 is 46.9. The number of nitriles is 2. The molecule has 4 aliphatic carbocycles. The lowest BCUT2D eigenvalue weighted by atomic mass is 9.54. The monoisotopic (exact) mass is 642 g/mol. The van der Waals surface area contributed by atoms with E-state index in [0.29, 0.717) is 35.0 Å². The molecule has 244 valence electrons. The molecule has 0 spiro atoms. The molecule has 0 saturated heterocycles. The molecule has 45 heavy (non-hydrogen) atoms. The predicted octanol–water partition coefficient (Wildman–Crippen LogP) is 6.74. The van der Waals surface area contributed by atoms with Crippen molar-refractivity contribution in [1.82, 2.24) is 0 Å². The Bertz CT molecular complexity index is 1310. The third-order valence-electron chi connectivity index (χ3n) is 8.82. The maximum atomic E-state index is 13.4.